The minimum Gasteiger partial charge on any atom is -0.496 e. The Balaban J connectivity index is 1.42. The maximum atomic E-state index is 13.0. The van der Waals surface area contributed by atoms with E-state index in [9.17, 15) is 13.2 Å². The number of piperidine rings is 1. The summed E-state index contributed by atoms with van der Waals surface area (Å²) < 4.78 is 34.1. The molecule has 9 heteroatoms. The molecule has 188 valence electrons. The monoisotopic (exact) mass is 498 g/mol. The first-order valence-electron chi connectivity index (χ1n) is 12.0. The summed E-state index contributed by atoms with van der Waals surface area (Å²) in [6.45, 7) is 1.77. The molecule has 2 aromatic carbocycles. The van der Waals surface area contributed by atoms with Crippen LogP contribution in [0.1, 0.15) is 41.6 Å². The molecule has 0 atom stereocenters. The summed E-state index contributed by atoms with van der Waals surface area (Å²) in [6.07, 6.45) is 5.10. The Morgan fingerprint density at radius 1 is 1.14 bits per heavy atom. The van der Waals surface area contributed by atoms with Gasteiger partial charge in [-0.2, -0.15) is 4.40 Å². The first-order chi connectivity index (χ1) is 16.8. The van der Waals surface area contributed by atoms with Crippen LogP contribution in [0, 0.1) is 0 Å². The molecule has 1 heterocycles. The molecule has 1 N–H and O–H groups in total. The summed E-state index contributed by atoms with van der Waals surface area (Å²) in [5, 5.41) is 3.12. The number of nitrogens with zero attached hydrogens (tertiary/aromatic N) is 3. The Hall–Kier alpha value is -2.91. The molecule has 8 nitrogen and oxygen atoms in total. The van der Waals surface area contributed by atoms with E-state index in [1.807, 2.05) is 47.2 Å². The largest absolute Gasteiger partial charge is 0.496 e. The molecule has 1 aliphatic heterocycles. The molecule has 2 aromatic rings. The highest BCUT2D eigenvalue weighted by Crippen LogP contribution is 2.35. The number of likely N-dealkylation sites (tertiary alicyclic amines) is 1. The fraction of sp³-hybridized carbons (Fsp3) is 0.462. The fourth-order valence-corrected chi connectivity index (χ4v) is 5.72. The van der Waals surface area contributed by atoms with Crippen LogP contribution < -0.4 is 10.1 Å². The van der Waals surface area contributed by atoms with Crippen molar-refractivity contribution in [1.82, 2.24) is 15.1 Å². The van der Waals surface area contributed by atoms with Crippen LogP contribution in [-0.4, -0.2) is 76.2 Å². The summed E-state index contributed by atoms with van der Waals surface area (Å²) in [7, 11) is -0.153. The van der Waals surface area contributed by atoms with E-state index in [4.69, 9.17) is 4.74 Å². The van der Waals surface area contributed by atoms with Gasteiger partial charge in [0, 0.05) is 31.1 Å². The number of nitrogens with one attached hydrogen (secondary N) is 1. The highest BCUT2D eigenvalue weighted by molar-refractivity contribution is 7.90. The number of para-hydroxylation sites is 1. The van der Waals surface area contributed by atoms with Gasteiger partial charge in [0.1, 0.15) is 18.0 Å². The standard InChI is InChI=1S/C26H34N4O4S/c1-29(22-12-13-22)20-35(32,33)28-19-30-16-14-26(15-17-30,21-8-4-3-5-9-21)18-27-25(31)23-10-6-7-11-24(23)34-2/h3-11,19,22H,12-18,20H2,1-2H3,(H,27,31)/b28-19+. The third-order valence-electron chi connectivity index (χ3n) is 6.99. The van der Waals surface area contributed by atoms with Gasteiger partial charge in [0.15, 0.2) is 0 Å². The second-order valence-electron chi connectivity index (χ2n) is 9.49. The fourth-order valence-electron chi connectivity index (χ4n) is 4.65. The normalized spacial score (nSPS) is 18.1. The Morgan fingerprint density at radius 2 is 1.80 bits per heavy atom. The third kappa shape index (κ3) is 6.41. The van der Waals surface area contributed by atoms with Crippen molar-refractivity contribution in [3.8, 4) is 5.75 Å². The Kier molecular flexibility index (Phi) is 7.76. The molecule has 0 aromatic heterocycles. The Morgan fingerprint density at radius 3 is 2.46 bits per heavy atom. The van der Waals surface area contributed by atoms with Gasteiger partial charge < -0.3 is 15.0 Å². The predicted molar refractivity (Wildman–Crippen MR) is 137 cm³/mol. The second kappa shape index (κ2) is 10.8. The average Bonchev–Trinajstić information content (AvgIpc) is 3.73. The topological polar surface area (TPSA) is 91.3 Å². The van der Waals surface area contributed by atoms with E-state index in [1.165, 1.54) is 6.34 Å². The van der Waals surface area contributed by atoms with Crippen LogP contribution in [0.5, 0.6) is 5.75 Å². The predicted octanol–water partition coefficient (Wildman–Crippen LogP) is 2.87. The van der Waals surface area contributed by atoms with Gasteiger partial charge in [0.05, 0.1) is 12.7 Å². The van der Waals surface area contributed by atoms with Gasteiger partial charge in [0.25, 0.3) is 15.9 Å². The van der Waals surface area contributed by atoms with Crippen molar-refractivity contribution in [1.29, 1.82) is 0 Å². The van der Waals surface area contributed by atoms with Crippen LogP contribution in [0.2, 0.25) is 0 Å². The molecular weight excluding hydrogens is 464 g/mol. The molecule has 0 bridgehead atoms. The van der Waals surface area contributed by atoms with Crippen molar-refractivity contribution in [3.63, 3.8) is 0 Å². The number of amides is 1. The molecule has 1 amide bonds. The van der Waals surface area contributed by atoms with E-state index < -0.39 is 10.0 Å². The number of hydrogen-bond acceptors (Lipinski definition) is 5. The van der Waals surface area contributed by atoms with Crippen molar-refractivity contribution in [2.75, 3.05) is 39.7 Å². The van der Waals surface area contributed by atoms with Crippen molar-refractivity contribution in [2.45, 2.75) is 37.1 Å². The van der Waals surface area contributed by atoms with Crippen LogP contribution in [0.25, 0.3) is 0 Å². The summed E-state index contributed by atoms with van der Waals surface area (Å²) in [6, 6.07) is 17.7. The minimum atomic E-state index is -3.54. The Bertz CT molecular complexity index is 1140. The van der Waals surface area contributed by atoms with Crippen molar-refractivity contribution < 1.29 is 17.9 Å². The molecule has 1 saturated carbocycles. The van der Waals surface area contributed by atoms with Crippen molar-refractivity contribution in [3.05, 3.63) is 65.7 Å². The molecule has 0 radical (unpaired) electrons. The number of benzene rings is 2. The van der Waals surface area contributed by atoms with Crippen molar-refractivity contribution >= 4 is 22.3 Å². The summed E-state index contributed by atoms with van der Waals surface area (Å²) in [5.74, 6) is 0.316. The molecule has 4 rings (SSSR count). The van der Waals surface area contributed by atoms with Crippen LogP contribution in [0.4, 0.5) is 0 Å². The maximum absolute atomic E-state index is 13.0. The molecule has 35 heavy (non-hydrogen) atoms. The molecule has 0 unspecified atom stereocenters. The van der Waals surface area contributed by atoms with Gasteiger partial charge in [-0.15, -0.1) is 0 Å². The van der Waals surface area contributed by atoms with Crippen LogP contribution in [0.15, 0.2) is 59.0 Å². The summed E-state index contributed by atoms with van der Waals surface area (Å²) in [4.78, 5) is 16.8. The van der Waals surface area contributed by atoms with Gasteiger partial charge in [-0.1, -0.05) is 42.5 Å². The summed E-state index contributed by atoms with van der Waals surface area (Å²) >= 11 is 0. The van der Waals surface area contributed by atoms with Crippen LogP contribution in [0.3, 0.4) is 0 Å². The molecule has 1 saturated heterocycles. The van der Waals surface area contributed by atoms with Crippen molar-refractivity contribution in [2.24, 2.45) is 4.40 Å². The van der Waals surface area contributed by atoms with Gasteiger partial charge in [0.2, 0.25) is 0 Å². The average molecular weight is 499 g/mol. The highest BCUT2D eigenvalue weighted by Gasteiger charge is 2.36. The smallest absolute Gasteiger partial charge is 0.267 e. The second-order valence-corrected chi connectivity index (χ2v) is 11.1. The lowest BCUT2D eigenvalue weighted by atomic mass is 9.72. The number of ether oxygens (including phenoxy) is 1. The van der Waals surface area contributed by atoms with Crippen LogP contribution >= 0.6 is 0 Å². The molecule has 2 fully saturated rings. The zero-order valence-corrected chi connectivity index (χ0v) is 21.2. The molecule has 0 spiro atoms. The number of sulfonamides is 1. The highest BCUT2D eigenvalue weighted by atomic mass is 32.2. The first kappa shape index (κ1) is 25.2. The zero-order chi connectivity index (χ0) is 24.9. The lowest BCUT2D eigenvalue weighted by molar-refractivity contribution is 0.0929. The van der Waals surface area contributed by atoms with Crippen LogP contribution in [-0.2, 0) is 15.4 Å². The number of carbonyl (C=O) groups is 1. The first-order valence-corrected chi connectivity index (χ1v) is 13.6. The summed E-state index contributed by atoms with van der Waals surface area (Å²) in [5.41, 5.74) is 1.41. The van der Waals surface area contributed by atoms with E-state index in [-0.39, 0.29) is 17.2 Å². The maximum Gasteiger partial charge on any atom is 0.267 e. The van der Waals surface area contributed by atoms with E-state index in [1.54, 1.807) is 19.2 Å². The van der Waals surface area contributed by atoms with Gasteiger partial charge >= 0.3 is 0 Å². The third-order valence-corrected chi connectivity index (χ3v) is 8.14. The molecule has 2 aliphatic rings. The van der Waals surface area contributed by atoms with E-state index in [0.717, 1.165) is 31.2 Å². The minimum absolute atomic E-state index is 0.0507. The lowest BCUT2D eigenvalue weighted by Crippen LogP contribution is -2.48. The van der Waals surface area contributed by atoms with E-state index in [0.29, 0.717) is 37.0 Å². The molecular formula is C26H34N4O4S. The Labute approximate surface area is 208 Å². The SMILES string of the molecule is COc1ccccc1C(=O)NCC1(c2ccccc2)CCN(/C=N/S(=O)(=O)CN(C)C2CC2)CC1. The van der Waals surface area contributed by atoms with Gasteiger partial charge in [-0.3, -0.25) is 9.69 Å². The number of hydrogen-bond donors (Lipinski definition) is 1. The van der Waals surface area contributed by atoms with Gasteiger partial charge in [-0.25, -0.2) is 8.42 Å². The number of methoxy groups -OCH3 is 1. The quantitative estimate of drug-likeness (QED) is 0.400. The molecule has 1 aliphatic carbocycles. The lowest BCUT2D eigenvalue weighted by Gasteiger charge is -2.42. The van der Waals surface area contributed by atoms with E-state index >= 15 is 0 Å². The number of rotatable bonds is 10. The van der Waals surface area contributed by atoms with E-state index in [2.05, 4.69) is 21.8 Å². The van der Waals surface area contributed by atoms with Gasteiger partial charge in [-0.05, 0) is 50.4 Å². The number of carbonyl (C=O) groups excluding carboxylic acids is 1. The zero-order valence-electron chi connectivity index (χ0n) is 20.4.